The van der Waals surface area contributed by atoms with Crippen LogP contribution >= 0.6 is 0 Å². The van der Waals surface area contributed by atoms with E-state index in [9.17, 15) is 4.79 Å². The molecule has 0 saturated carbocycles. The highest BCUT2D eigenvalue weighted by Crippen LogP contribution is 2.18. The van der Waals surface area contributed by atoms with Gasteiger partial charge in [0.1, 0.15) is 0 Å². The van der Waals surface area contributed by atoms with Crippen LogP contribution in [0.4, 0.5) is 5.69 Å². The molecule has 0 N–H and O–H groups in total. The summed E-state index contributed by atoms with van der Waals surface area (Å²) in [5.74, 6) is 0. The third-order valence-corrected chi connectivity index (χ3v) is 2.69. The van der Waals surface area contributed by atoms with Gasteiger partial charge in [-0.15, -0.1) is 0 Å². The van der Waals surface area contributed by atoms with Crippen LogP contribution in [0.5, 0.6) is 0 Å². The molecular weight excluding hydrogens is 222 g/mol. The molecule has 18 heavy (non-hydrogen) atoms. The Balaban J connectivity index is 2.29. The Kier molecular flexibility index (Phi) is 3.92. The number of benzene rings is 2. The fourth-order valence-corrected chi connectivity index (χ4v) is 1.80. The molecule has 0 aliphatic carbocycles. The zero-order chi connectivity index (χ0) is 12.8. The highest BCUT2D eigenvalue weighted by molar-refractivity contribution is 5.82. The average molecular weight is 237 g/mol. The van der Waals surface area contributed by atoms with E-state index in [1.165, 1.54) is 0 Å². The Labute approximate surface area is 107 Å². The van der Waals surface area contributed by atoms with Crippen molar-refractivity contribution in [2.24, 2.45) is 0 Å². The van der Waals surface area contributed by atoms with Gasteiger partial charge in [-0.3, -0.25) is 9.69 Å². The Morgan fingerprint density at radius 1 is 0.944 bits per heavy atom. The summed E-state index contributed by atoms with van der Waals surface area (Å²) in [7, 11) is 0. The van der Waals surface area contributed by atoms with Gasteiger partial charge in [0.05, 0.1) is 0 Å². The Bertz CT molecular complexity index is 532. The van der Waals surface area contributed by atoms with Crippen LogP contribution in [0.2, 0.25) is 0 Å². The zero-order valence-corrected chi connectivity index (χ0v) is 10.3. The number of para-hydroxylation sites is 1. The molecule has 2 nitrogen and oxygen atoms in total. The van der Waals surface area contributed by atoms with E-state index in [0.717, 1.165) is 23.4 Å². The number of carbonyl (C=O) groups is 1. The highest BCUT2D eigenvalue weighted by atomic mass is 16.1. The summed E-state index contributed by atoms with van der Waals surface area (Å²) in [6, 6.07) is 19.6. The zero-order valence-electron chi connectivity index (χ0n) is 10.3. The van der Waals surface area contributed by atoms with E-state index < -0.39 is 0 Å². The maximum absolute atomic E-state index is 11.2. The lowest BCUT2D eigenvalue weighted by atomic mass is 10.2. The molecule has 0 radical (unpaired) electrons. The van der Waals surface area contributed by atoms with Gasteiger partial charge in [-0.05, 0) is 30.7 Å². The third-order valence-electron chi connectivity index (χ3n) is 2.69. The maximum Gasteiger partial charge on any atom is 0.218 e. The van der Waals surface area contributed by atoms with Crippen molar-refractivity contribution in [1.29, 1.82) is 0 Å². The standard InChI is InChI=1S/C16H15NO/c1-14(12-15-8-4-2-5-9-15)17(13-18)16-10-6-3-7-11-16/h2-13H,1H3/b14-12+. The first-order valence-corrected chi connectivity index (χ1v) is 5.84. The van der Waals surface area contributed by atoms with Crippen LogP contribution in [-0.2, 0) is 4.79 Å². The Morgan fingerprint density at radius 2 is 1.50 bits per heavy atom. The average Bonchev–Trinajstić information content (AvgIpc) is 2.42. The van der Waals surface area contributed by atoms with Gasteiger partial charge in [0, 0.05) is 11.4 Å². The van der Waals surface area contributed by atoms with E-state index in [2.05, 4.69) is 0 Å². The van der Waals surface area contributed by atoms with Crippen LogP contribution in [0, 0.1) is 0 Å². The lowest BCUT2D eigenvalue weighted by molar-refractivity contribution is -0.107. The van der Waals surface area contributed by atoms with Crippen molar-refractivity contribution in [3.8, 4) is 0 Å². The minimum atomic E-state index is 0.837. The molecule has 90 valence electrons. The molecule has 2 heteroatoms. The summed E-state index contributed by atoms with van der Waals surface area (Å²) < 4.78 is 0. The summed E-state index contributed by atoms with van der Waals surface area (Å²) >= 11 is 0. The van der Waals surface area contributed by atoms with Gasteiger partial charge in [0.2, 0.25) is 6.41 Å². The second-order valence-corrected chi connectivity index (χ2v) is 4.01. The molecular formula is C16H15NO. The number of rotatable bonds is 4. The molecule has 0 aliphatic rings. The summed E-state index contributed by atoms with van der Waals surface area (Å²) in [4.78, 5) is 12.9. The van der Waals surface area contributed by atoms with Crippen LogP contribution < -0.4 is 4.90 Å². The number of amides is 1. The van der Waals surface area contributed by atoms with Gasteiger partial charge in [-0.25, -0.2) is 0 Å². The van der Waals surface area contributed by atoms with E-state index in [1.807, 2.05) is 73.7 Å². The molecule has 0 saturated heterocycles. The van der Waals surface area contributed by atoms with Crippen molar-refractivity contribution in [2.75, 3.05) is 4.90 Å². The third kappa shape index (κ3) is 2.86. The SMILES string of the molecule is C/C(=C\c1ccccc1)N(C=O)c1ccccc1. The maximum atomic E-state index is 11.2. The number of hydrogen-bond acceptors (Lipinski definition) is 1. The van der Waals surface area contributed by atoms with Crippen molar-refractivity contribution in [3.63, 3.8) is 0 Å². The molecule has 0 spiro atoms. The number of hydrogen-bond donors (Lipinski definition) is 0. The molecule has 0 aromatic heterocycles. The van der Waals surface area contributed by atoms with Gasteiger partial charge >= 0.3 is 0 Å². The van der Waals surface area contributed by atoms with Gasteiger partial charge in [0.25, 0.3) is 0 Å². The van der Waals surface area contributed by atoms with Crippen LogP contribution in [0.3, 0.4) is 0 Å². The van der Waals surface area contributed by atoms with Crippen molar-refractivity contribution in [2.45, 2.75) is 6.92 Å². The molecule has 0 aliphatic heterocycles. The molecule has 0 unspecified atom stereocenters. The van der Waals surface area contributed by atoms with Gasteiger partial charge in [-0.2, -0.15) is 0 Å². The minimum Gasteiger partial charge on any atom is -0.288 e. The number of allylic oxidation sites excluding steroid dienone is 1. The topological polar surface area (TPSA) is 20.3 Å². The van der Waals surface area contributed by atoms with E-state index in [-0.39, 0.29) is 0 Å². The number of anilines is 1. The smallest absolute Gasteiger partial charge is 0.218 e. The second-order valence-electron chi connectivity index (χ2n) is 4.01. The quantitative estimate of drug-likeness (QED) is 0.742. The fraction of sp³-hybridized carbons (Fsp3) is 0.0625. The van der Waals surface area contributed by atoms with Crippen molar-refractivity contribution in [3.05, 3.63) is 71.9 Å². The predicted molar refractivity (Wildman–Crippen MR) is 75.1 cm³/mol. The minimum absolute atomic E-state index is 0.837. The molecule has 0 bridgehead atoms. The molecule has 1 amide bonds. The molecule has 0 fully saturated rings. The van der Waals surface area contributed by atoms with E-state index in [0.29, 0.717) is 0 Å². The first kappa shape index (κ1) is 12.1. The van der Waals surface area contributed by atoms with Gasteiger partial charge in [-0.1, -0.05) is 48.5 Å². The Hall–Kier alpha value is -2.35. The largest absolute Gasteiger partial charge is 0.288 e. The van der Waals surface area contributed by atoms with Crippen LogP contribution in [0.15, 0.2) is 66.4 Å². The lowest BCUT2D eigenvalue weighted by Gasteiger charge is -2.18. The first-order valence-electron chi connectivity index (χ1n) is 5.84. The van der Waals surface area contributed by atoms with Crippen molar-refractivity contribution >= 4 is 18.2 Å². The Morgan fingerprint density at radius 3 is 2.06 bits per heavy atom. The van der Waals surface area contributed by atoms with Crippen LogP contribution in [-0.4, -0.2) is 6.41 Å². The predicted octanol–water partition coefficient (Wildman–Crippen LogP) is 3.71. The molecule has 0 atom stereocenters. The number of carbonyl (C=O) groups excluding carboxylic acids is 1. The van der Waals surface area contributed by atoms with E-state index >= 15 is 0 Å². The number of nitrogens with zero attached hydrogens (tertiary/aromatic N) is 1. The van der Waals surface area contributed by atoms with Gasteiger partial charge in [0.15, 0.2) is 0 Å². The van der Waals surface area contributed by atoms with E-state index in [4.69, 9.17) is 0 Å². The summed E-state index contributed by atoms with van der Waals surface area (Å²) in [6.45, 7) is 1.92. The summed E-state index contributed by atoms with van der Waals surface area (Å²) in [5.41, 5.74) is 2.84. The molecule has 0 heterocycles. The molecule has 2 aromatic rings. The van der Waals surface area contributed by atoms with Crippen molar-refractivity contribution in [1.82, 2.24) is 0 Å². The van der Waals surface area contributed by atoms with Crippen LogP contribution in [0.25, 0.3) is 6.08 Å². The lowest BCUT2D eigenvalue weighted by Crippen LogP contribution is -2.18. The molecule has 2 rings (SSSR count). The normalized spacial score (nSPS) is 11.1. The van der Waals surface area contributed by atoms with Crippen LogP contribution in [0.1, 0.15) is 12.5 Å². The van der Waals surface area contributed by atoms with E-state index in [1.54, 1.807) is 4.90 Å². The monoisotopic (exact) mass is 237 g/mol. The summed E-state index contributed by atoms with van der Waals surface area (Å²) in [6.07, 6.45) is 2.82. The fourth-order valence-electron chi connectivity index (χ4n) is 1.80. The first-order chi connectivity index (χ1) is 8.81. The van der Waals surface area contributed by atoms with Crippen molar-refractivity contribution < 1.29 is 4.79 Å². The highest BCUT2D eigenvalue weighted by Gasteiger charge is 2.06. The second kappa shape index (κ2) is 5.82. The van der Waals surface area contributed by atoms with Gasteiger partial charge < -0.3 is 0 Å². The summed E-state index contributed by atoms with van der Waals surface area (Å²) in [5, 5.41) is 0. The molecule has 2 aromatic carbocycles.